The average molecular weight is 566 g/mol. The molecule has 0 atom stereocenters. The van der Waals surface area contributed by atoms with Gasteiger partial charge in [0, 0.05) is 4.47 Å². The Balaban J connectivity index is 1.30. The number of sulfonamides is 1. The molecule has 4 rings (SSSR count). The van der Waals surface area contributed by atoms with E-state index in [1.807, 2.05) is 42.5 Å². The Labute approximate surface area is 218 Å². The number of nitrogens with zero attached hydrogens (tertiary/aromatic N) is 2. The third-order valence-corrected chi connectivity index (χ3v) is 6.97. The van der Waals surface area contributed by atoms with Crippen molar-refractivity contribution in [1.29, 1.82) is 0 Å². The summed E-state index contributed by atoms with van der Waals surface area (Å²) in [5.74, 6) is 0.151. The molecule has 0 heterocycles. The molecule has 0 aromatic heterocycles. The lowest BCUT2D eigenvalue weighted by Gasteiger charge is -2.21. The van der Waals surface area contributed by atoms with E-state index in [9.17, 15) is 13.2 Å². The van der Waals surface area contributed by atoms with Gasteiger partial charge in [-0.3, -0.25) is 9.10 Å². The highest BCUT2D eigenvalue weighted by Crippen LogP contribution is 2.21. The highest BCUT2D eigenvalue weighted by atomic mass is 79.9. The van der Waals surface area contributed by atoms with Gasteiger partial charge >= 0.3 is 0 Å². The van der Waals surface area contributed by atoms with Gasteiger partial charge < -0.3 is 4.74 Å². The van der Waals surface area contributed by atoms with Crippen LogP contribution in [0.15, 0.2) is 101 Å². The van der Waals surface area contributed by atoms with E-state index >= 15 is 0 Å². The van der Waals surface area contributed by atoms with Crippen LogP contribution in [0.3, 0.4) is 0 Å². The third kappa shape index (κ3) is 6.93. The predicted molar refractivity (Wildman–Crippen MR) is 147 cm³/mol. The minimum atomic E-state index is -3.65. The molecule has 0 bridgehead atoms. The summed E-state index contributed by atoms with van der Waals surface area (Å²) < 4.78 is 32.0. The van der Waals surface area contributed by atoms with Gasteiger partial charge in [-0.1, -0.05) is 52.3 Å². The Kier molecular flexibility index (Phi) is 8.02. The molecule has 7 nitrogen and oxygen atoms in total. The van der Waals surface area contributed by atoms with Gasteiger partial charge in [-0.15, -0.1) is 0 Å². The molecule has 0 radical (unpaired) electrons. The molecule has 36 heavy (non-hydrogen) atoms. The van der Waals surface area contributed by atoms with E-state index < -0.39 is 15.9 Å². The third-order valence-electron chi connectivity index (χ3n) is 5.30. The molecule has 184 valence electrons. The van der Waals surface area contributed by atoms with E-state index in [2.05, 4.69) is 50.7 Å². The number of carbonyl (C=O) groups is 1. The minimum Gasteiger partial charge on any atom is -0.489 e. The number of fused-ring (bicyclic) bond motifs is 1. The van der Waals surface area contributed by atoms with Crippen LogP contribution < -0.4 is 14.5 Å². The quantitative estimate of drug-likeness (QED) is 0.226. The first-order valence-electron chi connectivity index (χ1n) is 11.0. The van der Waals surface area contributed by atoms with E-state index in [1.165, 1.54) is 17.0 Å². The molecule has 0 fully saturated rings. The first-order chi connectivity index (χ1) is 17.3. The number of ether oxygens (including phenoxy) is 1. The summed E-state index contributed by atoms with van der Waals surface area (Å²) in [6, 6.07) is 28.3. The molecule has 1 N–H and O–H groups in total. The lowest BCUT2D eigenvalue weighted by atomic mass is 10.1. The van der Waals surface area contributed by atoms with Gasteiger partial charge in [0.1, 0.15) is 18.9 Å². The standard InChI is InChI=1S/C27H24BrN3O4S/c1-36(33,34)31(25-12-10-24(28)11-13-25)18-27(32)30-29-17-20-7-14-26(15-8-20)35-19-21-6-9-22-4-2-3-5-23(22)16-21/h2-17H,18-19H2,1H3,(H,30,32)/b29-17-. The molecule has 4 aromatic carbocycles. The van der Waals surface area contributed by atoms with Gasteiger partial charge in [0.15, 0.2) is 0 Å². The molecule has 0 saturated carbocycles. The van der Waals surface area contributed by atoms with Crippen molar-refractivity contribution in [3.05, 3.63) is 107 Å². The molecule has 0 aliphatic rings. The highest BCUT2D eigenvalue weighted by molar-refractivity contribution is 9.10. The van der Waals surface area contributed by atoms with Crippen LogP contribution in [0, 0.1) is 0 Å². The number of rotatable bonds is 9. The Morgan fingerprint density at radius 1 is 0.972 bits per heavy atom. The summed E-state index contributed by atoms with van der Waals surface area (Å²) in [5.41, 5.74) is 4.59. The molecule has 0 aliphatic carbocycles. The van der Waals surface area contributed by atoms with Crippen LogP contribution in [0.1, 0.15) is 11.1 Å². The van der Waals surface area contributed by atoms with Gasteiger partial charge in [0.25, 0.3) is 5.91 Å². The van der Waals surface area contributed by atoms with Crippen molar-refractivity contribution in [1.82, 2.24) is 5.43 Å². The van der Waals surface area contributed by atoms with E-state index in [1.54, 1.807) is 24.3 Å². The Morgan fingerprint density at radius 2 is 1.67 bits per heavy atom. The molecule has 0 unspecified atom stereocenters. The zero-order valence-corrected chi connectivity index (χ0v) is 21.9. The van der Waals surface area contributed by atoms with Crippen molar-refractivity contribution in [2.75, 3.05) is 17.1 Å². The molecule has 0 aliphatic heterocycles. The second-order valence-corrected chi connectivity index (χ2v) is 10.9. The van der Waals surface area contributed by atoms with Crippen molar-refractivity contribution in [3.63, 3.8) is 0 Å². The fourth-order valence-electron chi connectivity index (χ4n) is 3.50. The monoisotopic (exact) mass is 565 g/mol. The van der Waals surface area contributed by atoms with Crippen molar-refractivity contribution in [3.8, 4) is 5.75 Å². The molecule has 0 saturated heterocycles. The molecule has 0 spiro atoms. The topological polar surface area (TPSA) is 88.1 Å². The molecule has 1 amide bonds. The predicted octanol–water partition coefficient (Wildman–Crippen LogP) is 5.10. The number of anilines is 1. The SMILES string of the molecule is CS(=O)(=O)N(CC(=O)N/N=C\c1ccc(OCc2ccc3ccccc3c2)cc1)c1ccc(Br)cc1. The van der Waals surface area contributed by atoms with Crippen LogP contribution in [0.2, 0.25) is 0 Å². The van der Waals surface area contributed by atoms with E-state index in [4.69, 9.17) is 4.74 Å². The first kappa shape index (κ1) is 25.4. The number of hydrazone groups is 1. The van der Waals surface area contributed by atoms with Crippen LogP contribution in [-0.2, 0) is 21.4 Å². The van der Waals surface area contributed by atoms with Crippen molar-refractivity contribution >= 4 is 54.5 Å². The Bertz CT molecular complexity index is 1490. The van der Waals surface area contributed by atoms with Crippen LogP contribution in [0.5, 0.6) is 5.75 Å². The van der Waals surface area contributed by atoms with E-state index in [-0.39, 0.29) is 6.54 Å². The molecular formula is C27H24BrN3O4S. The summed E-state index contributed by atoms with van der Waals surface area (Å²) in [7, 11) is -3.65. The number of hydrogen-bond acceptors (Lipinski definition) is 5. The minimum absolute atomic E-state index is 0.388. The summed E-state index contributed by atoms with van der Waals surface area (Å²) in [4.78, 5) is 12.3. The smallest absolute Gasteiger partial charge is 0.260 e. The first-order valence-corrected chi connectivity index (χ1v) is 13.7. The van der Waals surface area contributed by atoms with Crippen LogP contribution in [-0.4, -0.2) is 33.3 Å². The fourth-order valence-corrected chi connectivity index (χ4v) is 4.62. The highest BCUT2D eigenvalue weighted by Gasteiger charge is 2.20. The molecular weight excluding hydrogens is 542 g/mol. The van der Waals surface area contributed by atoms with Crippen molar-refractivity contribution < 1.29 is 17.9 Å². The number of halogens is 1. The second kappa shape index (κ2) is 11.4. The summed E-state index contributed by atoms with van der Waals surface area (Å²) in [6.45, 7) is 0.0584. The van der Waals surface area contributed by atoms with Gasteiger partial charge in [-0.05, 0) is 76.5 Å². The maximum absolute atomic E-state index is 12.3. The lowest BCUT2D eigenvalue weighted by molar-refractivity contribution is -0.119. The Morgan fingerprint density at radius 3 is 2.36 bits per heavy atom. The zero-order chi connectivity index (χ0) is 25.5. The normalized spacial score (nSPS) is 11.5. The van der Waals surface area contributed by atoms with Crippen LogP contribution in [0.4, 0.5) is 5.69 Å². The van der Waals surface area contributed by atoms with Gasteiger partial charge in [0.2, 0.25) is 10.0 Å². The summed E-state index contributed by atoms with van der Waals surface area (Å²) in [5, 5.41) is 6.30. The largest absolute Gasteiger partial charge is 0.489 e. The van der Waals surface area contributed by atoms with Crippen molar-refractivity contribution in [2.45, 2.75) is 6.61 Å². The zero-order valence-electron chi connectivity index (χ0n) is 19.5. The number of hydrogen-bond donors (Lipinski definition) is 1. The fraction of sp³-hybridized carbons (Fsp3) is 0.111. The number of benzene rings is 4. The summed E-state index contributed by atoms with van der Waals surface area (Å²) >= 11 is 3.31. The number of nitrogens with one attached hydrogen (secondary N) is 1. The summed E-state index contributed by atoms with van der Waals surface area (Å²) in [6.07, 6.45) is 2.53. The van der Waals surface area contributed by atoms with Crippen LogP contribution >= 0.6 is 15.9 Å². The molecule has 9 heteroatoms. The van der Waals surface area contributed by atoms with Gasteiger partial charge in [-0.2, -0.15) is 5.10 Å². The average Bonchev–Trinajstić information content (AvgIpc) is 2.87. The van der Waals surface area contributed by atoms with Gasteiger partial charge in [0.05, 0.1) is 18.2 Å². The van der Waals surface area contributed by atoms with E-state index in [0.29, 0.717) is 18.0 Å². The molecule has 4 aromatic rings. The van der Waals surface area contributed by atoms with Gasteiger partial charge in [-0.25, -0.2) is 13.8 Å². The Hall–Kier alpha value is -3.69. The van der Waals surface area contributed by atoms with Crippen molar-refractivity contribution in [2.24, 2.45) is 5.10 Å². The maximum Gasteiger partial charge on any atom is 0.260 e. The number of amides is 1. The van der Waals surface area contributed by atoms with Crippen LogP contribution in [0.25, 0.3) is 10.8 Å². The second-order valence-electron chi connectivity index (χ2n) is 8.08. The maximum atomic E-state index is 12.3. The lowest BCUT2D eigenvalue weighted by Crippen LogP contribution is -2.38. The number of carbonyl (C=O) groups excluding carboxylic acids is 1. The van der Waals surface area contributed by atoms with E-state index in [0.717, 1.165) is 26.2 Å².